The fraction of sp³-hybridized carbons (Fsp3) is 0.318. The molecule has 1 N–H and O–H groups in total. The Kier molecular flexibility index (Phi) is 6.93. The third-order valence-corrected chi connectivity index (χ3v) is 5.68. The van der Waals surface area contributed by atoms with Crippen molar-refractivity contribution in [2.45, 2.75) is 38.9 Å². The largest absolute Gasteiger partial charge is 0.496 e. The van der Waals surface area contributed by atoms with Crippen LogP contribution < -0.4 is 10.1 Å². The van der Waals surface area contributed by atoms with E-state index >= 15 is 0 Å². The molecule has 3 aromatic rings. The van der Waals surface area contributed by atoms with Gasteiger partial charge >= 0.3 is 0 Å². The monoisotopic (exact) mass is 410 g/mol. The molecule has 0 aliphatic carbocycles. The summed E-state index contributed by atoms with van der Waals surface area (Å²) in [7, 11) is 1.64. The summed E-state index contributed by atoms with van der Waals surface area (Å²) in [5, 5.41) is 12.4. The number of benzene rings is 2. The Balaban J connectivity index is 1.75. The van der Waals surface area contributed by atoms with Crippen LogP contribution in [0.15, 0.2) is 47.6 Å². The highest BCUT2D eigenvalue weighted by atomic mass is 32.2. The first-order chi connectivity index (χ1) is 14.1. The second-order valence-corrected chi connectivity index (χ2v) is 7.49. The normalized spacial score (nSPS) is 10.8. The maximum atomic E-state index is 12.6. The molecule has 3 rings (SSSR count). The van der Waals surface area contributed by atoms with E-state index < -0.39 is 0 Å². The molecule has 0 aliphatic rings. The van der Waals surface area contributed by atoms with Gasteiger partial charge in [-0.05, 0) is 43.5 Å². The number of carbonyl (C=O) groups is 1. The molecule has 1 amide bonds. The Labute approximate surface area is 175 Å². The van der Waals surface area contributed by atoms with Crippen molar-refractivity contribution in [3.05, 3.63) is 53.6 Å². The fourth-order valence-corrected chi connectivity index (χ4v) is 4.02. The minimum Gasteiger partial charge on any atom is -0.496 e. The number of nitrogens with zero attached hydrogens (tertiary/aromatic N) is 3. The van der Waals surface area contributed by atoms with E-state index in [2.05, 4.69) is 22.4 Å². The number of ether oxygens (including phenoxy) is 1. The highest BCUT2D eigenvalue weighted by molar-refractivity contribution is 7.99. The number of aromatic nitrogens is 3. The molecule has 152 valence electrons. The summed E-state index contributed by atoms with van der Waals surface area (Å²) >= 11 is 1.38. The molecule has 2 aromatic carbocycles. The van der Waals surface area contributed by atoms with Gasteiger partial charge in [0.05, 0.1) is 18.4 Å². The number of para-hydroxylation sites is 2. The Bertz CT molecular complexity index is 1000. The van der Waals surface area contributed by atoms with Crippen molar-refractivity contribution in [2.75, 3.05) is 18.2 Å². The van der Waals surface area contributed by atoms with Crippen LogP contribution in [-0.4, -0.2) is 33.5 Å². The number of rotatable bonds is 8. The molecule has 1 aromatic heterocycles. The van der Waals surface area contributed by atoms with E-state index in [4.69, 9.17) is 4.74 Å². The number of thioether (sulfide) groups is 1. The van der Waals surface area contributed by atoms with Gasteiger partial charge in [-0.15, -0.1) is 10.2 Å². The number of hydrogen-bond donors (Lipinski definition) is 1. The zero-order chi connectivity index (χ0) is 20.8. The van der Waals surface area contributed by atoms with Gasteiger partial charge in [0, 0.05) is 12.2 Å². The molecule has 0 atom stereocenters. The van der Waals surface area contributed by atoms with Crippen LogP contribution >= 0.6 is 11.8 Å². The first-order valence-corrected chi connectivity index (χ1v) is 10.6. The molecule has 6 nitrogen and oxygen atoms in total. The van der Waals surface area contributed by atoms with Crippen LogP contribution in [0.3, 0.4) is 0 Å². The van der Waals surface area contributed by atoms with Crippen LogP contribution in [-0.2, 0) is 17.8 Å². The SMILES string of the molecule is CCc1cccc(C)c1NC(=O)CSc1nnc(-c2ccccc2OC)n1CC. The second-order valence-electron chi connectivity index (χ2n) is 6.55. The lowest BCUT2D eigenvalue weighted by atomic mass is 10.1. The van der Waals surface area contributed by atoms with E-state index in [9.17, 15) is 4.79 Å². The van der Waals surface area contributed by atoms with Gasteiger partial charge in [-0.3, -0.25) is 4.79 Å². The highest BCUT2D eigenvalue weighted by Crippen LogP contribution is 2.31. The molecule has 0 bridgehead atoms. The van der Waals surface area contributed by atoms with E-state index in [-0.39, 0.29) is 11.7 Å². The summed E-state index contributed by atoms with van der Waals surface area (Å²) in [5.74, 6) is 1.70. The van der Waals surface area contributed by atoms with Crippen LogP contribution in [0, 0.1) is 6.92 Å². The van der Waals surface area contributed by atoms with Gasteiger partial charge in [0.25, 0.3) is 0 Å². The Hall–Kier alpha value is -2.80. The van der Waals surface area contributed by atoms with Gasteiger partial charge in [0.1, 0.15) is 5.75 Å². The molecule has 29 heavy (non-hydrogen) atoms. The van der Waals surface area contributed by atoms with Crippen molar-refractivity contribution in [2.24, 2.45) is 0 Å². The van der Waals surface area contributed by atoms with Crippen molar-refractivity contribution in [1.82, 2.24) is 14.8 Å². The van der Waals surface area contributed by atoms with Gasteiger partial charge in [0.2, 0.25) is 5.91 Å². The smallest absolute Gasteiger partial charge is 0.234 e. The number of amides is 1. The molecule has 0 saturated carbocycles. The summed E-state index contributed by atoms with van der Waals surface area (Å²) in [5.41, 5.74) is 4.00. The lowest BCUT2D eigenvalue weighted by molar-refractivity contribution is -0.113. The molecule has 0 fully saturated rings. The minimum absolute atomic E-state index is 0.0523. The number of nitrogens with one attached hydrogen (secondary N) is 1. The summed E-state index contributed by atoms with van der Waals surface area (Å²) in [6.07, 6.45) is 0.872. The molecule has 0 spiro atoms. The van der Waals surface area contributed by atoms with Gasteiger partial charge in [-0.1, -0.05) is 49.0 Å². The average molecular weight is 411 g/mol. The first-order valence-electron chi connectivity index (χ1n) is 9.66. The third-order valence-electron chi connectivity index (χ3n) is 4.72. The summed E-state index contributed by atoms with van der Waals surface area (Å²) in [6.45, 7) is 6.83. The third kappa shape index (κ3) is 4.62. The topological polar surface area (TPSA) is 69.0 Å². The zero-order valence-corrected chi connectivity index (χ0v) is 18.0. The number of hydrogen-bond acceptors (Lipinski definition) is 5. The number of methoxy groups -OCH3 is 1. The highest BCUT2D eigenvalue weighted by Gasteiger charge is 2.17. The van der Waals surface area contributed by atoms with E-state index in [1.807, 2.05) is 60.9 Å². The molecule has 0 aliphatic heterocycles. The summed E-state index contributed by atoms with van der Waals surface area (Å²) < 4.78 is 7.46. The molecular formula is C22H26N4O2S. The lowest BCUT2D eigenvalue weighted by Gasteiger charge is -2.13. The lowest BCUT2D eigenvalue weighted by Crippen LogP contribution is -2.16. The van der Waals surface area contributed by atoms with Gasteiger partial charge in [-0.25, -0.2) is 0 Å². The molecule has 0 saturated heterocycles. The summed E-state index contributed by atoms with van der Waals surface area (Å²) in [4.78, 5) is 12.6. The minimum atomic E-state index is -0.0523. The van der Waals surface area contributed by atoms with E-state index in [1.165, 1.54) is 11.8 Å². The summed E-state index contributed by atoms with van der Waals surface area (Å²) in [6, 6.07) is 13.8. The van der Waals surface area contributed by atoms with Crippen molar-refractivity contribution in [1.29, 1.82) is 0 Å². The van der Waals surface area contributed by atoms with E-state index in [0.29, 0.717) is 11.7 Å². The fourth-order valence-electron chi connectivity index (χ4n) is 3.22. The van der Waals surface area contributed by atoms with Crippen LogP contribution in [0.4, 0.5) is 5.69 Å². The van der Waals surface area contributed by atoms with Crippen molar-refractivity contribution in [3.63, 3.8) is 0 Å². The first kappa shape index (κ1) is 20.9. The van der Waals surface area contributed by atoms with E-state index in [1.54, 1.807) is 7.11 Å². The van der Waals surface area contributed by atoms with Crippen LogP contribution in [0.2, 0.25) is 0 Å². The Morgan fingerprint density at radius 3 is 2.66 bits per heavy atom. The predicted octanol–water partition coefficient (Wildman–Crippen LogP) is 4.58. The Morgan fingerprint density at radius 1 is 1.14 bits per heavy atom. The van der Waals surface area contributed by atoms with Gasteiger partial charge in [-0.2, -0.15) is 0 Å². The molecule has 7 heteroatoms. The molecule has 1 heterocycles. The van der Waals surface area contributed by atoms with Crippen molar-refractivity contribution >= 4 is 23.4 Å². The zero-order valence-electron chi connectivity index (χ0n) is 17.2. The quantitative estimate of drug-likeness (QED) is 0.551. The van der Waals surface area contributed by atoms with Crippen molar-refractivity contribution in [3.8, 4) is 17.1 Å². The maximum Gasteiger partial charge on any atom is 0.234 e. The average Bonchev–Trinajstić information content (AvgIpc) is 3.16. The second kappa shape index (κ2) is 9.60. The number of anilines is 1. The van der Waals surface area contributed by atoms with Crippen LogP contribution in [0.25, 0.3) is 11.4 Å². The van der Waals surface area contributed by atoms with Crippen LogP contribution in [0.5, 0.6) is 5.75 Å². The van der Waals surface area contributed by atoms with Crippen LogP contribution in [0.1, 0.15) is 25.0 Å². The van der Waals surface area contributed by atoms with Gasteiger partial charge < -0.3 is 14.6 Å². The van der Waals surface area contributed by atoms with Gasteiger partial charge in [0.15, 0.2) is 11.0 Å². The number of carbonyl (C=O) groups excluding carboxylic acids is 1. The Morgan fingerprint density at radius 2 is 1.93 bits per heavy atom. The molecule has 0 unspecified atom stereocenters. The van der Waals surface area contributed by atoms with Crippen molar-refractivity contribution < 1.29 is 9.53 Å². The van der Waals surface area contributed by atoms with E-state index in [0.717, 1.165) is 40.4 Å². The maximum absolute atomic E-state index is 12.6. The predicted molar refractivity (Wildman–Crippen MR) is 118 cm³/mol. The number of aryl methyl sites for hydroxylation is 2. The molecule has 0 radical (unpaired) electrons. The molecular weight excluding hydrogens is 384 g/mol. The standard InChI is InChI=1S/C22H26N4O2S/c1-5-16-11-9-10-15(3)20(16)23-19(27)14-29-22-25-24-21(26(22)6-2)17-12-7-8-13-18(17)28-4/h7-13H,5-6,14H2,1-4H3,(H,23,27).